The Morgan fingerprint density at radius 1 is 1.06 bits per heavy atom. The van der Waals surface area contributed by atoms with Crippen molar-refractivity contribution in [1.29, 1.82) is 0 Å². The molecule has 1 heterocycles. The highest BCUT2D eigenvalue weighted by molar-refractivity contribution is 9.10. The van der Waals surface area contributed by atoms with Gasteiger partial charge in [-0.25, -0.2) is 0 Å². The first-order valence-electron chi connectivity index (χ1n) is 5.71. The van der Waals surface area contributed by atoms with E-state index >= 15 is 0 Å². The van der Waals surface area contributed by atoms with Gasteiger partial charge in [0.15, 0.2) is 6.23 Å². The van der Waals surface area contributed by atoms with Crippen LogP contribution in [-0.2, 0) is 4.74 Å². The topological polar surface area (TPSA) is 82.0 Å². The molecule has 1 aromatic carbocycles. The number of aliphatic hydroxyl groups excluding tert-OH is 3. The lowest BCUT2D eigenvalue weighted by Crippen LogP contribution is -2.58. The monoisotopic (exact) mass is 317 g/mol. The summed E-state index contributed by atoms with van der Waals surface area (Å²) in [5.41, 5.74) is 0.762. The second-order valence-electron chi connectivity index (χ2n) is 4.38. The second-order valence-corrected chi connectivity index (χ2v) is 5.30. The molecule has 0 bridgehead atoms. The first kappa shape index (κ1) is 13.8. The van der Waals surface area contributed by atoms with E-state index in [4.69, 9.17) is 4.74 Å². The standard InChI is InChI=1S/C12H16BrNO4/c1-6-9(15)10(16)11(17)12(18-6)14-8-4-2-7(13)3-5-8/h2-6,9-12,14-17H,1H3/t6-,9-,10+,11+,12+/m1/s1. The molecule has 0 aliphatic carbocycles. The molecule has 18 heavy (non-hydrogen) atoms. The van der Waals surface area contributed by atoms with Gasteiger partial charge in [0.25, 0.3) is 0 Å². The van der Waals surface area contributed by atoms with Crippen LogP contribution in [-0.4, -0.2) is 46.0 Å². The molecule has 5 atom stereocenters. The van der Waals surface area contributed by atoms with Gasteiger partial charge >= 0.3 is 0 Å². The van der Waals surface area contributed by atoms with Gasteiger partial charge in [-0.05, 0) is 31.2 Å². The summed E-state index contributed by atoms with van der Waals surface area (Å²) in [6.07, 6.45) is -4.78. The van der Waals surface area contributed by atoms with Crippen LogP contribution in [0.15, 0.2) is 28.7 Å². The zero-order valence-electron chi connectivity index (χ0n) is 9.82. The van der Waals surface area contributed by atoms with Crippen molar-refractivity contribution < 1.29 is 20.1 Å². The smallest absolute Gasteiger partial charge is 0.157 e. The maximum atomic E-state index is 9.83. The van der Waals surface area contributed by atoms with E-state index in [0.717, 1.165) is 10.2 Å². The van der Waals surface area contributed by atoms with E-state index in [1.807, 2.05) is 24.3 Å². The zero-order valence-corrected chi connectivity index (χ0v) is 11.4. The molecule has 1 aromatic rings. The van der Waals surface area contributed by atoms with Crippen LogP contribution >= 0.6 is 15.9 Å². The molecular weight excluding hydrogens is 302 g/mol. The van der Waals surface area contributed by atoms with E-state index < -0.39 is 30.6 Å². The summed E-state index contributed by atoms with van der Waals surface area (Å²) in [6, 6.07) is 7.35. The number of rotatable bonds is 2. The molecular formula is C12H16BrNO4. The SMILES string of the molecule is C[C@H]1O[C@H](Nc2ccc(Br)cc2)[C@@H](O)[C@@H](O)[C@@H]1O. The minimum absolute atomic E-state index is 0.545. The number of anilines is 1. The highest BCUT2D eigenvalue weighted by atomic mass is 79.9. The zero-order chi connectivity index (χ0) is 13.3. The van der Waals surface area contributed by atoms with Crippen LogP contribution in [0.2, 0.25) is 0 Å². The summed E-state index contributed by atoms with van der Waals surface area (Å²) in [7, 11) is 0. The fraction of sp³-hybridized carbons (Fsp3) is 0.500. The molecule has 0 saturated carbocycles. The average Bonchev–Trinajstić information content (AvgIpc) is 2.36. The van der Waals surface area contributed by atoms with Crippen molar-refractivity contribution in [2.75, 3.05) is 5.32 Å². The third kappa shape index (κ3) is 2.84. The van der Waals surface area contributed by atoms with E-state index in [1.165, 1.54) is 0 Å². The fourth-order valence-corrected chi connectivity index (χ4v) is 2.15. The summed E-state index contributed by atoms with van der Waals surface area (Å²) in [5.74, 6) is 0. The van der Waals surface area contributed by atoms with Gasteiger partial charge in [-0.2, -0.15) is 0 Å². The quantitative estimate of drug-likeness (QED) is 0.645. The van der Waals surface area contributed by atoms with E-state index in [-0.39, 0.29) is 0 Å². The van der Waals surface area contributed by atoms with Gasteiger partial charge in [-0.1, -0.05) is 15.9 Å². The molecule has 1 aliphatic rings. The van der Waals surface area contributed by atoms with Gasteiger partial charge < -0.3 is 25.4 Å². The highest BCUT2D eigenvalue weighted by Gasteiger charge is 2.41. The number of hydrogen-bond donors (Lipinski definition) is 4. The summed E-state index contributed by atoms with van der Waals surface area (Å²) in [6.45, 7) is 1.65. The minimum Gasteiger partial charge on any atom is -0.388 e. The maximum Gasteiger partial charge on any atom is 0.157 e. The lowest BCUT2D eigenvalue weighted by Gasteiger charge is -2.39. The molecule has 6 heteroatoms. The van der Waals surface area contributed by atoms with Crippen LogP contribution in [0.25, 0.3) is 0 Å². The van der Waals surface area contributed by atoms with Gasteiger partial charge in [-0.15, -0.1) is 0 Å². The lowest BCUT2D eigenvalue weighted by molar-refractivity contribution is -0.209. The average molecular weight is 318 g/mol. The molecule has 0 unspecified atom stereocenters. The Balaban J connectivity index is 2.06. The van der Waals surface area contributed by atoms with Crippen molar-refractivity contribution >= 4 is 21.6 Å². The second kappa shape index (κ2) is 5.54. The minimum atomic E-state index is -1.22. The first-order valence-corrected chi connectivity index (χ1v) is 6.50. The predicted molar refractivity (Wildman–Crippen MR) is 70.1 cm³/mol. The Labute approximate surface area is 114 Å². The summed E-state index contributed by atoms with van der Waals surface area (Å²) in [4.78, 5) is 0. The Morgan fingerprint density at radius 2 is 1.67 bits per heavy atom. The molecule has 4 N–H and O–H groups in total. The van der Waals surface area contributed by atoms with E-state index in [2.05, 4.69) is 21.2 Å². The van der Waals surface area contributed by atoms with Gasteiger partial charge in [-0.3, -0.25) is 0 Å². The van der Waals surface area contributed by atoms with Crippen LogP contribution in [0.4, 0.5) is 5.69 Å². The summed E-state index contributed by atoms with van der Waals surface area (Å²) in [5, 5.41) is 32.1. The molecule has 1 aliphatic heterocycles. The number of ether oxygens (including phenoxy) is 1. The summed E-state index contributed by atoms with van der Waals surface area (Å²) < 4.78 is 6.38. The molecule has 0 spiro atoms. The Morgan fingerprint density at radius 3 is 2.28 bits per heavy atom. The van der Waals surface area contributed by atoms with E-state index in [0.29, 0.717) is 0 Å². The maximum absolute atomic E-state index is 9.83. The number of benzene rings is 1. The number of hydrogen-bond acceptors (Lipinski definition) is 5. The van der Waals surface area contributed by atoms with Crippen molar-refractivity contribution in [3.8, 4) is 0 Å². The third-order valence-corrected chi connectivity index (χ3v) is 3.53. The molecule has 1 fully saturated rings. The molecule has 1 saturated heterocycles. The lowest BCUT2D eigenvalue weighted by atomic mass is 9.99. The Bertz CT molecular complexity index is 400. The normalized spacial score (nSPS) is 36.4. The molecule has 2 rings (SSSR count). The molecule has 0 aromatic heterocycles. The highest BCUT2D eigenvalue weighted by Crippen LogP contribution is 2.23. The van der Waals surface area contributed by atoms with Gasteiger partial charge in [0.2, 0.25) is 0 Å². The van der Waals surface area contributed by atoms with Crippen LogP contribution in [0.3, 0.4) is 0 Å². The Kier molecular flexibility index (Phi) is 4.24. The number of aliphatic hydroxyl groups is 3. The van der Waals surface area contributed by atoms with E-state index in [9.17, 15) is 15.3 Å². The van der Waals surface area contributed by atoms with Crippen molar-refractivity contribution in [2.45, 2.75) is 37.6 Å². The van der Waals surface area contributed by atoms with Crippen LogP contribution in [0.1, 0.15) is 6.92 Å². The van der Waals surface area contributed by atoms with Crippen molar-refractivity contribution in [2.24, 2.45) is 0 Å². The van der Waals surface area contributed by atoms with Crippen LogP contribution in [0, 0.1) is 0 Å². The van der Waals surface area contributed by atoms with Gasteiger partial charge in [0, 0.05) is 10.2 Å². The fourth-order valence-electron chi connectivity index (χ4n) is 1.88. The van der Waals surface area contributed by atoms with E-state index in [1.54, 1.807) is 6.92 Å². The molecule has 0 amide bonds. The summed E-state index contributed by atoms with van der Waals surface area (Å²) >= 11 is 3.33. The van der Waals surface area contributed by atoms with Gasteiger partial charge in [0.1, 0.15) is 18.3 Å². The Hall–Kier alpha value is -0.660. The van der Waals surface area contributed by atoms with Crippen molar-refractivity contribution in [3.63, 3.8) is 0 Å². The molecule has 100 valence electrons. The van der Waals surface area contributed by atoms with Crippen LogP contribution < -0.4 is 5.32 Å². The van der Waals surface area contributed by atoms with Gasteiger partial charge in [0.05, 0.1) is 6.10 Å². The van der Waals surface area contributed by atoms with Crippen molar-refractivity contribution in [3.05, 3.63) is 28.7 Å². The number of nitrogens with one attached hydrogen (secondary N) is 1. The molecule has 5 nitrogen and oxygen atoms in total. The largest absolute Gasteiger partial charge is 0.388 e. The molecule has 0 radical (unpaired) electrons. The van der Waals surface area contributed by atoms with Crippen LogP contribution in [0.5, 0.6) is 0 Å². The number of halogens is 1. The third-order valence-electron chi connectivity index (χ3n) is 3.01. The predicted octanol–water partition coefficient (Wildman–Crippen LogP) is 0.688. The van der Waals surface area contributed by atoms with Crippen molar-refractivity contribution in [1.82, 2.24) is 0 Å². The first-order chi connectivity index (χ1) is 8.49.